The normalized spacial score (nSPS) is 13.2. The number of methoxy groups -OCH3 is 1. The Balaban J connectivity index is 1.95. The monoisotopic (exact) mass is 407 g/mol. The molecule has 7 heteroatoms. The summed E-state index contributed by atoms with van der Waals surface area (Å²) in [5, 5.41) is 3.67. The van der Waals surface area contributed by atoms with E-state index in [0.29, 0.717) is 26.9 Å². The number of ether oxygens (including phenoxy) is 2. The molecule has 1 amide bonds. The number of amides is 1. The summed E-state index contributed by atoms with van der Waals surface area (Å²) in [7, 11) is 1.53. The first-order chi connectivity index (χ1) is 12.7. The van der Waals surface area contributed by atoms with Crippen molar-refractivity contribution in [1.29, 1.82) is 0 Å². The Labute approximate surface area is 167 Å². The lowest BCUT2D eigenvalue weighted by Gasteiger charge is -2.19. The molecule has 1 aliphatic rings. The van der Waals surface area contributed by atoms with E-state index in [0.717, 1.165) is 29.7 Å². The third-order valence-corrected chi connectivity index (χ3v) is 5.68. The molecule has 1 aromatic heterocycles. The number of halogens is 1. The summed E-state index contributed by atoms with van der Waals surface area (Å²) in [5.41, 5.74) is 1.40. The molecule has 0 unspecified atom stereocenters. The maximum atomic E-state index is 13.2. The molecule has 3 rings (SSSR count). The van der Waals surface area contributed by atoms with E-state index in [1.165, 1.54) is 18.4 Å². The van der Waals surface area contributed by atoms with Gasteiger partial charge in [-0.25, -0.2) is 4.79 Å². The van der Waals surface area contributed by atoms with Gasteiger partial charge < -0.3 is 9.47 Å². The summed E-state index contributed by atoms with van der Waals surface area (Å²) in [5.74, 6) is 0.348. The molecule has 1 N–H and O–H groups in total. The fourth-order valence-electron chi connectivity index (χ4n) is 3.08. The predicted molar refractivity (Wildman–Crippen MR) is 108 cm³/mol. The van der Waals surface area contributed by atoms with Crippen molar-refractivity contribution in [1.82, 2.24) is 0 Å². The van der Waals surface area contributed by atoms with E-state index in [2.05, 4.69) is 5.32 Å². The molecule has 0 bridgehead atoms. The zero-order valence-corrected chi connectivity index (χ0v) is 17.3. The van der Waals surface area contributed by atoms with Crippen LogP contribution in [0.25, 0.3) is 0 Å². The van der Waals surface area contributed by atoms with E-state index in [1.807, 2.05) is 0 Å². The van der Waals surface area contributed by atoms with Crippen LogP contribution in [0.3, 0.4) is 0 Å². The Hall–Kier alpha value is -2.05. The Bertz CT molecular complexity index is 898. The smallest absolute Gasteiger partial charge is 0.412 e. The van der Waals surface area contributed by atoms with Crippen LogP contribution in [0.1, 0.15) is 53.6 Å². The van der Waals surface area contributed by atoms with Gasteiger partial charge in [0.2, 0.25) is 0 Å². The van der Waals surface area contributed by atoms with Gasteiger partial charge in [-0.05, 0) is 63.8 Å². The molecule has 1 heterocycles. The maximum absolute atomic E-state index is 13.2. The summed E-state index contributed by atoms with van der Waals surface area (Å²) in [4.78, 5) is 26.6. The molecule has 0 saturated carbocycles. The highest BCUT2D eigenvalue weighted by Gasteiger charge is 2.29. The SMILES string of the molecule is COc1ccc(C(=O)c2c(NC(=O)OC(C)(C)C)sc3c2CCC3)cc1Cl. The van der Waals surface area contributed by atoms with E-state index >= 15 is 0 Å². The highest BCUT2D eigenvalue weighted by Crippen LogP contribution is 2.41. The van der Waals surface area contributed by atoms with Crippen LogP contribution in [-0.4, -0.2) is 24.6 Å². The second-order valence-corrected chi connectivity index (χ2v) is 8.88. The summed E-state index contributed by atoms with van der Waals surface area (Å²) >= 11 is 7.63. The quantitative estimate of drug-likeness (QED) is 0.682. The van der Waals surface area contributed by atoms with Crippen molar-refractivity contribution in [3.63, 3.8) is 0 Å². The minimum atomic E-state index is -0.613. The maximum Gasteiger partial charge on any atom is 0.412 e. The first-order valence-electron chi connectivity index (χ1n) is 8.72. The molecule has 1 aliphatic carbocycles. The van der Waals surface area contributed by atoms with Gasteiger partial charge in [-0.15, -0.1) is 11.3 Å². The Morgan fingerprint density at radius 2 is 1.96 bits per heavy atom. The first-order valence-corrected chi connectivity index (χ1v) is 9.92. The molecule has 144 valence electrons. The molecule has 0 fully saturated rings. The standard InChI is InChI=1S/C20H22ClNO4S/c1-20(2,3)26-19(24)22-18-16(12-6-5-7-15(12)27-18)17(23)11-8-9-14(25-4)13(21)10-11/h8-10H,5-7H2,1-4H3,(H,22,24). The molecule has 0 atom stereocenters. The second-order valence-electron chi connectivity index (χ2n) is 7.37. The molecule has 5 nitrogen and oxygen atoms in total. The largest absolute Gasteiger partial charge is 0.495 e. The van der Waals surface area contributed by atoms with E-state index in [4.69, 9.17) is 21.1 Å². The number of ketones is 1. The number of fused-ring (bicyclic) bond motifs is 1. The Morgan fingerprint density at radius 1 is 1.22 bits per heavy atom. The summed E-state index contributed by atoms with van der Waals surface area (Å²) in [6.07, 6.45) is 2.19. The van der Waals surface area contributed by atoms with Crippen LogP contribution in [0.15, 0.2) is 18.2 Å². The molecule has 0 aliphatic heterocycles. The zero-order valence-electron chi connectivity index (χ0n) is 15.8. The topological polar surface area (TPSA) is 64.6 Å². The molecule has 27 heavy (non-hydrogen) atoms. The molecule has 0 spiro atoms. The van der Waals surface area contributed by atoms with Gasteiger partial charge in [0.1, 0.15) is 16.4 Å². The van der Waals surface area contributed by atoms with Crippen molar-refractivity contribution in [2.45, 2.75) is 45.6 Å². The number of carbonyl (C=O) groups is 2. The van der Waals surface area contributed by atoms with E-state index < -0.39 is 11.7 Å². The summed E-state index contributed by atoms with van der Waals surface area (Å²) in [6, 6.07) is 4.95. The van der Waals surface area contributed by atoms with Crippen molar-refractivity contribution < 1.29 is 19.1 Å². The average molecular weight is 408 g/mol. The van der Waals surface area contributed by atoms with Crippen molar-refractivity contribution in [2.75, 3.05) is 12.4 Å². The highest BCUT2D eigenvalue weighted by atomic mass is 35.5. The third-order valence-electron chi connectivity index (χ3n) is 4.18. The van der Waals surface area contributed by atoms with Crippen molar-refractivity contribution in [2.24, 2.45) is 0 Å². The first kappa shape index (κ1) is 19.7. The van der Waals surface area contributed by atoms with Crippen molar-refractivity contribution in [3.05, 3.63) is 44.8 Å². The number of benzene rings is 1. The lowest BCUT2D eigenvalue weighted by Crippen LogP contribution is -2.27. The van der Waals surface area contributed by atoms with Crippen LogP contribution in [-0.2, 0) is 17.6 Å². The fourth-order valence-corrected chi connectivity index (χ4v) is 4.61. The Kier molecular flexibility index (Phi) is 5.49. The predicted octanol–water partition coefficient (Wildman–Crippen LogP) is 5.48. The summed E-state index contributed by atoms with van der Waals surface area (Å²) in [6.45, 7) is 5.39. The lowest BCUT2D eigenvalue weighted by molar-refractivity contribution is 0.0636. The lowest BCUT2D eigenvalue weighted by atomic mass is 10.00. The third kappa shape index (κ3) is 4.28. The minimum absolute atomic E-state index is 0.162. The van der Waals surface area contributed by atoms with Gasteiger partial charge in [0.05, 0.1) is 17.7 Å². The van der Waals surface area contributed by atoms with Crippen LogP contribution in [0.2, 0.25) is 5.02 Å². The molecular weight excluding hydrogens is 386 g/mol. The number of thiophene rings is 1. The molecule has 0 saturated heterocycles. The molecule has 0 radical (unpaired) electrons. The van der Waals surface area contributed by atoms with E-state index in [9.17, 15) is 9.59 Å². The fraction of sp³-hybridized carbons (Fsp3) is 0.400. The number of rotatable bonds is 4. The number of nitrogens with one attached hydrogen (secondary N) is 1. The van der Waals surface area contributed by atoms with Gasteiger partial charge >= 0.3 is 6.09 Å². The average Bonchev–Trinajstić information content (AvgIpc) is 3.12. The number of anilines is 1. The van der Waals surface area contributed by atoms with Crippen LogP contribution in [0, 0.1) is 0 Å². The highest BCUT2D eigenvalue weighted by molar-refractivity contribution is 7.17. The van der Waals surface area contributed by atoms with Gasteiger partial charge in [-0.2, -0.15) is 0 Å². The van der Waals surface area contributed by atoms with Crippen LogP contribution in [0.5, 0.6) is 5.75 Å². The van der Waals surface area contributed by atoms with Crippen LogP contribution in [0.4, 0.5) is 9.80 Å². The van der Waals surface area contributed by atoms with E-state index in [1.54, 1.807) is 39.0 Å². The number of carbonyl (C=O) groups excluding carboxylic acids is 2. The van der Waals surface area contributed by atoms with Gasteiger partial charge in [0.25, 0.3) is 0 Å². The molecule has 1 aromatic carbocycles. The number of aryl methyl sites for hydroxylation is 1. The molecule has 2 aromatic rings. The number of hydrogen-bond donors (Lipinski definition) is 1. The second kappa shape index (κ2) is 7.52. The van der Waals surface area contributed by atoms with Gasteiger partial charge in [-0.1, -0.05) is 11.6 Å². The number of hydrogen-bond acceptors (Lipinski definition) is 5. The van der Waals surface area contributed by atoms with Crippen molar-refractivity contribution >= 4 is 39.8 Å². The zero-order chi connectivity index (χ0) is 19.8. The molecular formula is C20H22ClNO4S. The van der Waals surface area contributed by atoms with Crippen LogP contribution >= 0.6 is 22.9 Å². The van der Waals surface area contributed by atoms with Gasteiger partial charge in [-0.3, -0.25) is 10.1 Å². The van der Waals surface area contributed by atoms with Gasteiger partial charge in [0.15, 0.2) is 5.78 Å². The van der Waals surface area contributed by atoms with Crippen LogP contribution < -0.4 is 10.1 Å². The Morgan fingerprint density at radius 3 is 2.59 bits per heavy atom. The van der Waals surface area contributed by atoms with Crippen molar-refractivity contribution in [3.8, 4) is 5.75 Å². The van der Waals surface area contributed by atoms with E-state index in [-0.39, 0.29) is 5.78 Å². The van der Waals surface area contributed by atoms with Gasteiger partial charge in [0, 0.05) is 10.4 Å². The minimum Gasteiger partial charge on any atom is -0.495 e. The summed E-state index contributed by atoms with van der Waals surface area (Å²) < 4.78 is 10.5.